The van der Waals surface area contributed by atoms with Crippen LogP contribution in [0.4, 0.5) is 0 Å². The van der Waals surface area contributed by atoms with Crippen molar-refractivity contribution in [1.82, 2.24) is 9.89 Å². The van der Waals surface area contributed by atoms with E-state index in [0.717, 1.165) is 5.56 Å². The van der Waals surface area contributed by atoms with E-state index in [-0.39, 0.29) is 4.90 Å². The van der Waals surface area contributed by atoms with Crippen LogP contribution in [-0.2, 0) is 10.0 Å². The first-order chi connectivity index (χ1) is 14.5. The molecule has 0 saturated heterocycles. The van der Waals surface area contributed by atoms with Crippen LogP contribution >= 0.6 is 11.6 Å². The number of nitrogens with zero attached hydrogens (tertiary/aromatic N) is 3. The summed E-state index contributed by atoms with van der Waals surface area (Å²) in [4.78, 5) is 3.78. The average Bonchev–Trinajstić information content (AvgIpc) is 3.17. The first-order valence-electron chi connectivity index (χ1n) is 8.91. The molecule has 0 saturated carbocycles. The summed E-state index contributed by atoms with van der Waals surface area (Å²) in [6.45, 7) is 0. The molecule has 6 nitrogen and oxygen atoms in total. The van der Waals surface area contributed by atoms with Gasteiger partial charge in [-0.3, -0.25) is 0 Å². The Balaban J connectivity index is 1.86. The smallest absolute Gasteiger partial charge is 0.200 e. The Morgan fingerprint density at radius 1 is 0.933 bits per heavy atom. The highest BCUT2D eigenvalue weighted by molar-refractivity contribution is 7.92. The first-order valence-corrected chi connectivity index (χ1v) is 10.8. The lowest BCUT2D eigenvalue weighted by Gasteiger charge is -2.11. The molecule has 1 N–H and O–H groups in total. The molecule has 0 unspecified atom stereocenters. The minimum Gasteiger partial charge on any atom is -0.200 e. The molecule has 0 radical (unpaired) electrons. The van der Waals surface area contributed by atoms with E-state index >= 15 is 0 Å². The third-order valence-corrected chi connectivity index (χ3v) is 5.99. The van der Waals surface area contributed by atoms with Crippen LogP contribution < -0.4 is 4.83 Å². The molecule has 4 rings (SSSR count). The Labute approximate surface area is 179 Å². The molecule has 1 aromatic heterocycles. The van der Waals surface area contributed by atoms with E-state index in [1.54, 1.807) is 72.8 Å². The Morgan fingerprint density at radius 2 is 1.60 bits per heavy atom. The molecule has 0 bridgehead atoms. The molecule has 8 heteroatoms. The monoisotopic (exact) mass is 434 g/mol. The summed E-state index contributed by atoms with van der Waals surface area (Å²) in [6.07, 6.45) is 0. The highest BCUT2D eigenvalue weighted by Crippen LogP contribution is 2.29. The van der Waals surface area contributed by atoms with E-state index < -0.39 is 10.0 Å². The van der Waals surface area contributed by atoms with Gasteiger partial charge in [0.15, 0.2) is 0 Å². The summed E-state index contributed by atoms with van der Waals surface area (Å²) < 4.78 is 25.8. The second-order valence-electron chi connectivity index (χ2n) is 6.40. The molecule has 0 amide bonds. The SMILES string of the molecule is N#Cc1ccccc1-c1cc(-c2ccc(Cl)cc2)nn1NS(=O)(=O)c1ccccc1. The summed E-state index contributed by atoms with van der Waals surface area (Å²) in [5.74, 6) is 0. The zero-order valence-electron chi connectivity index (χ0n) is 15.5. The van der Waals surface area contributed by atoms with Gasteiger partial charge in [-0.15, -0.1) is 0 Å². The number of aromatic nitrogens is 2. The predicted molar refractivity (Wildman–Crippen MR) is 116 cm³/mol. The minimum atomic E-state index is -3.89. The minimum absolute atomic E-state index is 0.105. The van der Waals surface area contributed by atoms with Gasteiger partial charge in [0.2, 0.25) is 0 Å². The van der Waals surface area contributed by atoms with Crippen molar-refractivity contribution < 1.29 is 8.42 Å². The highest BCUT2D eigenvalue weighted by atomic mass is 35.5. The Kier molecular flexibility index (Phi) is 5.27. The first kappa shape index (κ1) is 19.7. The Bertz CT molecular complexity index is 1340. The molecular weight excluding hydrogens is 420 g/mol. The number of nitriles is 1. The van der Waals surface area contributed by atoms with Crippen molar-refractivity contribution in [2.24, 2.45) is 0 Å². The van der Waals surface area contributed by atoms with Crippen LogP contribution in [0.2, 0.25) is 5.02 Å². The summed E-state index contributed by atoms with van der Waals surface area (Å²) >= 11 is 5.97. The van der Waals surface area contributed by atoms with Crippen LogP contribution in [0.25, 0.3) is 22.5 Å². The van der Waals surface area contributed by atoms with Gasteiger partial charge in [-0.25, -0.2) is 0 Å². The maximum atomic E-state index is 12.9. The Hall–Kier alpha value is -3.60. The van der Waals surface area contributed by atoms with Crippen molar-refractivity contribution in [3.05, 3.63) is 95.5 Å². The number of hydrogen-bond donors (Lipinski definition) is 1. The third kappa shape index (κ3) is 3.92. The van der Waals surface area contributed by atoms with Crippen LogP contribution in [0.15, 0.2) is 89.8 Å². The van der Waals surface area contributed by atoms with E-state index in [4.69, 9.17) is 11.6 Å². The van der Waals surface area contributed by atoms with E-state index in [1.807, 2.05) is 0 Å². The lowest BCUT2D eigenvalue weighted by Crippen LogP contribution is -2.25. The molecule has 0 aliphatic rings. The van der Waals surface area contributed by atoms with Gasteiger partial charge < -0.3 is 0 Å². The second kappa shape index (κ2) is 8.03. The van der Waals surface area contributed by atoms with Crippen LogP contribution in [0.3, 0.4) is 0 Å². The summed E-state index contributed by atoms with van der Waals surface area (Å²) in [5.41, 5.74) is 2.69. The van der Waals surface area contributed by atoms with Gasteiger partial charge in [-0.2, -0.15) is 28.4 Å². The van der Waals surface area contributed by atoms with E-state index in [2.05, 4.69) is 16.0 Å². The van der Waals surface area contributed by atoms with Gasteiger partial charge in [0, 0.05) is 16.1 Å². The highest BCUT2D eigenvalue weighted by Gasteiger charge is 2.20. The molecule has 0 fully saturated rings. The molecule has 0 aliphatic heterocycles. The molecule has 148 valence electrons. The predicted octanol–water partition coefficient (Wildman–Crippen LogP) is 4.67. The fourth-order valence-corrected chi connectivity index (χ4v) is 4.09. The number of nitrogens with one attached hydrogen (secondary N) is 1. The van der Waals surface area contributed by atoms with E-state index in [1.165, 1.54) is 16.9 Å². The maximum absolute atomic E-state index is 12.9. The van der Waals surface area contributed by atoms with Crippen molar-refractivity contribution in [1.29, 1.82) is 5.26 Å². The number of rotatable bonds is 5. The molecule has 0 atom stereocenters. The number of benzene rings is 3. The molecule has 0 spiro atoms. The van der Waals surface area contributed by atoms with Gasteiger partial charge >= 0.3 is 0 Å². The number of halogens is 1. The summed E-state index contributed by atoms with van der Waals surface area (Å²) in [5, 5.41) is 14.5. The van der Waals surface area contributed by atoms with E-state index in [0.29, 0.717) is 27.5 Å². The maximum Gasteiger partial charge on any atom is 0.276 e. The van der Waals surface area contributed by atoms with Crippen molar-refractivity contribution in [3.8, 4) is 28.6 Å². The van der Waals surface area contributed by atoms with Crippen LogP contribution in [0, 0.1) is 11.3 Å². The van der Waals surface area contributed by atoms with Gasteiger partial charge in [0.1, 0.15) is 0 Å². The van der Waals surface area contributed by atoms with Crippen molar-refractivity contribution in [2.75, 3.05) is 4.83 Å². The van der Waals surface area contributed by atoms with Crippen molar-refractivity contribution in [3.63, 3.8) is 0 Å². The van der Waals surface area contributed by atoms with Gasteiger partial charge in [-0.05, 0) is 36.4 Å². The molecule has 4 aromatic rings. The Morgan fingerprint density at radius 3 is 2.30 bits per heavy atom. The summed E-state index contributed by atoms with van der Waals surface area (Å²) in [7, 11) is -3.89. The van der Waals surface area contributed by atoms with Crippen LogP contribution in [0.1, 0.15) is 5.56 Å². The fraction of sp³-hybridized carbons (Fsp3) is 0. The molecular formula is C22H15ClN4O2S. The average molecular weight is 435 g/mol. The van der Waals surface area contributed by atoms with Crippen LogP contribution in [0.5, 0.6) is 0 Å². The lowest BCUT2D eigenvalue weighted by atomic mass is 10.0. The zero-order valence-corrected chi connectivity index (χ0v) is 17.1. The van der Waals surface area contributed by atoms with Crippen molar-refractivity contribution in [2.45, 2.75) is 4.90 Å². The molecule has 1 heterocycles. The van der Waals surface area contributed by atoms with Gasteiger partial charge in [0.05, 0.1) is 27.9 Å². The topological polar surface area (TPSA) is 87.8 Å². The van der Waals surface area contributed by atoms with Gasteiger partial charge in [0.25, 0.3) is 10.0 Å². The summed E-state index contributed by atoms with van der Waals surface area (Å²) in [6, 6.07) is 25.9. The van der Waals surface area contributed by atoms with Crippen molar-refractivity contribution >= 4 is 21.6 Å². The lowest BCUT2D eigenvalue weighted by molar-refractivity contribution is 0.592. The number of hydrogen-bond acceptors (Lipinski definition) is 4. The van der Waals surface area contributed by atoms with Gasteiger partial charge in [-0.1, -0.05) is 60.1 Å². The van der Waals surface area contributed by atoms with Crippen LogP contribution in [-0.4, -0.2) is 18.3 Å². The largest absolute Gasteiger partial charge is 0.276 e. The third-order valence-electron chi connectivity index (χ3n) is 4.43. The van der Waals surface area contributed by atoms with E-state index in [9.17, 15) is 13.7 Å². The molecule has 0 aliphatic carbocycles. The second-order valence-corrected chi connectivity index (χ2v) is 8.50. The zero-order chi connectivity index (χ0) is 21.1. The normalized spacial score (nSPS) is 11.1. The molecule has 3 aromatic carbocycles. The quantitative estimate of drug-likeness (QED) is 0.494. The fourth-order valence-electron chi connectivity index (χ4n) is 2.97. The standard InChI is InChI=1S/C22H15ClN4O2S/c23-18-12-10-16(11-13-18)21-14-22(20-9-5-4-6-17(20)15-24)27(25-21)26-30(28,29)19-7-2-1-3-8-19/h1-14,26H. The molecule has 30 heavy (non-hydrogen) atoms. The number of sulfonamides is 1.